The molecule has 0 saturated carbocycles. The molecule has 0 bridgehead atoms. The molecule has 0 spiro atoms. The van der Waals surface area contributed by atoms with Crippen molar-refractivity contribution < 1.29 is 19.7 Å². The lowest BCUT2D eigenvalue weighted by Crippen LogP contribution is -2.18. The summed E-state index contributed by atoms with van der Waals surface area (Å²) in [5, 5.41) is 24.9. The molecule has 0 aliphatic heterocycles. The molecule has 0 aliphatic rings. The van der Waals surface area contributed by atoms with Crippen LogP contribution in [-0.2, 0) is 5.41 Å². The van der Waals surface area contributed by atoms with Gasteiger partial charge in [-0.15, -0.1) is 0 Å². The smallest absolute Gasteiger partial charge is 0.127 e. The Morgan fingerprint density at radius 1 is 0.436 bits per heavy atom. The van der Waals surface area contributed by atoms with Gasteiger partial charge in [-0.2, -0.15) is 0 Å². The Labute approximate surface area is 320 Å². The van der Waals surface area contributed by atoms with E-state index < -0.39 is 0 Å². The van der Waals surface area contributed by atoms with Gasteiger partial charge in [0.1, 0.15) is 34.5 Å². The summed E-state index contributed by atoms with van der Waals surface area (Å²) in [6, 6.07) is 54.5. The highest BCUT2D eigenvalue weighted by molar-refractivity contribution is 6.04. The number of nitrogens with zero attached hydrogens (tertiary/aromatic N) is 2. The fourth-order valence-electron chi connectivity index (χ4n) is 6.65. The number of ether oxygens (including phenoxy) is 2. The zero-order valence-electron chi connectivity index (χ0n) is 30.4. The minimum absolute atomic E-state index is 0.194. The molecule has 8 aromatic rings. The molecule has 2 N–H and O–H groups in total. The minimum atomic E-state index is -0.304. The van der Waals surface area contributed by atoms with Crippen molar-refractivity contribution in [2.45, 2.75) is 19.3 Å². The molecular weight excluding hydrogens is 681 g/mol. The molecule has 8 rings (SSSR count). The Morgan fingerprint density at radius 2 is 0.891 bits per heavy atom. The standard InChI is InChI=1S/C49H38N2O4/c1-49(2,35-16-22-39(23-17-35)54-40-24-18-37(19-25-40)50-31-45-43-12-5-3-8-33(43)14-28-47(45)52)36-10-7-11-42(30-36)55-41-26-20-38(21-27-41)51-32-46-44-13-6-4-9-34(44)15-29-48(46)53/h3-32,52-53H,1-2H3. The molecule has 6 heteroatoms. The quantitative estimate of drug-likeness (QED) is 0.138. The van der Waals surface area contributed by atoms with Gasteiger partial charge in [0, 0.05) is 29.0 Å². The van der Waals surface area contributed by atoms with Gasteiger partial charge in [-0.05, 0) is 118 Å². The third-order valence-corrected chi connectivity index (χ3v) is 9.86. The van der Waals surface area contributed by atoms with Crippen LogP contribution in [0.25, 0.3) is 21.5 Å². The van der Waals surface area contributed by atoms with Gasteiger partial charge in [0.05, 0.1) is 11.4 Å². The lowest BCUT2D eigenvalue weighted by atomic mass is 9.78. The molecular formula is C49H38N2O4. The first kappa shape index (κ1) is 34.9. The molecule has 8 aromatic carbocycles. The summed E-state index contributed by atoms with van der Waals surface area (Å²) in [5.74, 6) is 3.26. The lowest BCUT2D eigenvalue weighted by Gasteiger charge is -2.27. The van der Waals surface area contributed by atoms with E-state index in [-0.39, 0.29) is 16.9 Å². The highest BCUT2D eigenvalue weighted by Gasteiger charge is 2.24. The molecule has 0 unspecified atom stereocenters. The van der Waals surface area contributed by atoms with E-state index in [9.17, 15) is 10.2 Å². The van der Waals surface area contributed by atoms with Gasteiger partial charge in [-0.1, -0.05) is 98.8 Å². The summed E-state index contributed by atoms with van der Waals surface area (Å²) in [7, 11) is 0. The van der Waals surface area contributed by atoms with E-state index in [1.165, 1.54) is 0 Å². The maximum absolute atomic E-state index is 10.5. The van der Waals surface area contributed by atoms with Crippen LogP contribution in [0.2, 0.25) is 0 Å². The third kappa shape index (κ3) is 7.66. The van der Waals surface area contributed by atoms with Crippen LogP contribution in [0.4, 0.5) is 11.4 Å². The van der Waals surface area contributed by atoms with Crippen molar-refractivity contribution in [2.24, 2.45) is 9.98 Å². The predicted molar refractivity (Wildman–Crippen MR) is 224 cm³/mol. The second-order valence-corrected chi connectivity index (χ2v) is 13.8. The van der Waals surface area contributed by atoms with Crippen LogP contribution >= 0.6 is 0 Å². The lowest BCUT2D eigenvalue weighted by molar-refractivity contribution is 0.475. The molecule has 0 radical (unpaired) electrons. The number of phenolic OH excluding ortho intramolecular Hbond substituents is 2. The second-order valence-electron chi connectivity index (χ2n) is 13.8. The Kier molecular flexibility index (Phi) is 9.54. The summed E-state index contributed by atoms with van der Waals surface area (Å²) in [6.45, 7) is 4.39. The van der Waals surface area contributed by atoms with E-state index in [4.69, 9.17) is 9.47 Å². The van der Waals surface area contributed by atoms with Crippen molar-refractivity contribution in [3.05, 3.63) is 192 Å². The van der Waals surface area contributed by atoms with E-state index >= 15 is 0 Å². The zero-order chi connectivity index (χ0) is 37.8. The predicted octanol–water partition coefficient (Wildman–Crippen LogP) is 12.8. The Hall–Kier alpha value is -7.18. The van der Waals surface area contributed by atoms with Crippen LogP contribution in [0.15, 0.2) is 180 Å². The summed E-state index contributed by atoms with van der Waals surface area (Å²) in [4.78, 5) is 9.21. The van der Waals surface area contributed by atoms with Gasteiger partial charge in [-0.25, -0.2) is 0 Å². The topological polar surface area (TPSA) is 83.6 Å². The second kappa shape index (κ2) is 15.0. The maximum atomic E-state index is 10.5. The number of aliphatic imine (C=N–C) groups is 2. The largest absolute Gasteiger partial charge is 0.507 e. The van der Waals surface area contributed by atoms with Crippen molar-refractivity contribution in [3.63, 3.8) is 0 Å². The average Bonchev–Trinajstić information content (AvgIpc) is 3.21. The molecule has 0 atom stereocenters. The molecule has 0 fully saturated rings. The molecule has 268 valence electrons. The number of rotatable bonds is 10. The first-order chi connectivity index (χ1) is 26.8. The molecule has 6 nitrogen and oxygen atoms in total. The minimum Gasteiger partial charge on any atom is -0.507 e. The third-order valence-electron chi connectivity index (χ3n) is 9.86. The van der Waals surface area contributed by atoms with E-state index in [2.05, 4.69) is 48.1 Å². The first-order valence-corrected chi connectivity index (χ1v) is 18.1. The maximum Gasteiger partial charge on any atom is 0.127 e. The van der Waals surface area contributed by atoms with Crippen molar-refractivity contribution >= 4 is 45.3 Å². The molecule has 0 amide bonds. The van der Waals surface area contributed by atoms with E-state index in [1.54, 1.807) is 24.6 Å². The van der Waals surface area contributed by atoms with Gasteiger partial charge in [0.2, 0.25) is 0 Å². The number of aromatic hydroxyl groups is 2. The van der Waals surface area contributed by atoms with Crippen molar-refractivity contribution in [3.8, 4) is 34.5 Å². The number of fused-ring (bicyclic) bond motifs is 2. The van der Waals surface area contributed by atoms with E-state index in [0.29, 0.717) is 22.6 Å². The fourth-order valence-corrected chi connectivity index (χ4v) is 6.65. The normalized spacial score (nSPS) is 11.8. The van der Waals surface area contributed by atoms with Crippen LogP contribution in [0, 0.1) is 0 Å². The number of benzene rings is 8. The van der Waals surface area contributed by atoms with Crippen LogP contribution in [0.5, 0.6) is 34.5 Å². The summed E-state index contributed by atoms with van der Waals surface area (Å²) in [5.41, 5.74) is 4.83. The van der Waals surface area contributed by atoms with Crippen LogP contribution in [0.1, 0.15) is 36.1 Å². The van der Waals surface area contributed by atoms with Gasteiger partial charge in [0.15, 0.2) is 0 Å². The number of hydrogen-bond acceptors (Lipinski definition) is 6. The molecule has 0 aliphatic carbocycles. The van der Waals surface area contributed by atoms with Gasteiger partial charge >= 0.3 is 0 Å². The first-order valence-electron chi connectivity index (χ1n) is 18.1. The molecule has 0 aromatic heterocycles. The Balaban J connectivity index is 0.904. The van der Waals surface area contributed by atoms with Crippen molar-refractivity contribution in [1.29, 1.82) is 0 Å². The molecule has 0 saturated heterocycles. The Morgan fingerprint density at radius 3 is 1.40 bits per heavy atom. The highest BCUT2D eigenvalue weighted by Crippen LogP contribution is 2.36. The van der Waals surface area contributed by atoms with Gasteiger partial charge < -0.3 is 19.7 Å². The number of phenols is 2. The summed E-state index contributed by atoms with van der Waals surface area (Å²) >= 11 is 0. The highest BCUT2D eigenvalue weighted by atomic mass is 16.5. The summed E-state index contributed by atoms with van der Waals surface area (Å²) < 4.78 is 12.4. The molecule has 55 heavy (non-hydrogen) atoms. The van der Waals surface area contributed by atoms with E-state index in [1.807, 2.05) is 133 Å². The fraction of sp³-hybridized carbons (Fsp3) is 0.0612. The summed E-state index contributed by atoms with van der Waals surface area (Å²) in [6.07, 6.45) is 3.40. The van der Waals surface area contributed by atoms with Crippen LogP contribution in [-0.4, -0.2) is 22.6 Å². The zero-order valence-corrected chi connectivity index (χ0v) is 30.4. The van der Waals surface area contributed by atoms with Gasteiger partial charge in [-0.3, -0.25) is 9.98 Å². The van der Waals surface area contributed by atoms with Gasteiger partial charge in [0.25, 0.3) is 0 Å². The number of hydrogen-bond donors (Lipinski definition) is 2. The van der Waals surface area contributed by atoms with Crippen LogP contribution in [0.3, 0.4) is 0 Å². The monoisotopic (exact) mass is 718 g/mol. The van der Waals surface area contributed by atoms with Crippen molar-refractivity contribution in [2.75, 3.05) is 0 Å². The molecule has 0 heterocycles. The van der Waals surface area contributed by atoms with E-state index in [0.717, 1.165) is 55.5 Å². The van der Waals surface area contributed by atoms with Crippen LogP contribution < -0.4 is 9.47 Å². The SMILES string of the molecule is CC(C)(c1ccc(Oc2ccc(N=Cc3c(O)ccc4ccccc34)cc2)cc1)c1cccc(Oc2ccc(N=Cc3c(O)ccc4ccccc34)cc2)c1. The Bertz CT molecular complexity index is 2680. The van der Waals surface area contributed by atoms with Crippen molar-refractivity contribution in [1.82, 2.24) is 0 Å². The average molecular weight is 719 g/mol.